The number of aliphatic hydroxyl groups excluding tert-OH is 1. The lowest BCUT2D eigenvalue weighted by Crippen LogP contribution is -2.38. The average molecular weight is 241 g/mol. The molecule has 0 aromatic carbocycles. The summed E-state index contributed by atoms with van der Waals surface area (Å²) in [7, 11) is 2.11. The number of thiophene rings is 1. The van der Waals surface area contributed by atoms with Crippen molar-refractivity contribution in [3.05, 3.63) is 22.4 Å². The lowest BCUT2D eigenvalue weighted by atomic mass is 9.88. The molecule has 2 rings (SSSR count). The zero-order chi connectivity index (χ0) is 11.4. The third-order valence-electron chi connectivity index (χ3n) is 3.13. The first-order chi connectivity index (χ1) is 7.74. The van der Waals surface area contributed by atoms with Gasteiger partial charge >= 0.3 is 0 Å². The van der Waals surface area contributed by atoms with Crippen molar-refractivity contribution in [2.75, 3.05) is 33.4 Å². The second-order valence-corrected chi connectivity index (χ2v) is 5.74. The van der Waals surface area contributed by atoms with E-state index in [0.717, 1.165) is 26.1 Å². The van der Waals surface area contributed by atoms with Gasteiger partial charge in [-0.25, -0.2) is 0 Å². The van der Waals surface area contributed by atoms with Crippen molar-refractivity contribution >= 4 is 11.3 Å². The van der Waals surface area contributed by atoms with Gasteiger partial charge in [0.05, 0.1) is 13.2 Å². The van der Waals surface area contributed by atoms with Gasteiger partial charge in [0.2, 0.25) is 0 Å². The Kier molecular flexibility index (Phi) is 3.97. The maximum Gasteiger partial charge on any atom is 0.0557 e. The molecule has 0 saturated carbocycles. The van der Waals surface area contributed by atoms with Gasteiger partial charge in [0, 0.05) is 30.0 Å². The molecule has 1 unspecified atom stereocenters. The van der Waals surface area contributed by atoms with E-state index in [0.29, 0.717) is 6.61 Å². The summed E-state index contributed by atoms with van der Waals surface area (Å²) >= 11 is 1.78. The monoisotopic (exact) mass is 241 g/mol. The van der Waals surface area contributed by atoms with E-state index >= 15 is 0 Å². The summed E-state index contributed by atoms with van der Waals surface area (Å²) in [5.74, 6) is 0. The molecule has 0 amide bonds. The van der Waals surface area contributed by atoms with Gasteiger partial charge in [-0.1, -0.05) is 6.07 Å². The third-order valence-corrected chi connectivity index (χ3v) is 3.99. The molecule has 90 valence electrons. The van der Waals surface area contributed by atoms with E-state index in [4.69, 9.17) is 4.74 Å². The Morgan fingerprint density at radius 1 is 1.62 bits per heavy atom. The van der Waals surface area contributed by atoms with Crippen LogP contribution in [0.3, 0.4) is 0 Å². The molecule has 1 fully saturated rings. The first kappa shape index (κ1) is 12.0. The Morgan fingerprint density at radius 3 is 3.06 bits per heavy atom. The Labute approximate surface area is 101 Å². The largest absolute Gasteiger partial charge is 0.396 e. The van der Waals surface area contributed by atoms with Crippen LogP contribution in [0.4, 0.5) is 0 Å². The van der Waals surface area contributed by atoms with Crippen LogP contribution in [0.5, 0.6) is 0 Å². The molecule has 2 heterocycles. The predicted octanol–water partition coefficient (Wildman–Crippen LogP) is 1.58. The molecule has 1 saturated heterocycles. The van der Waals surface area contributed by atoms with Crippen LogP contribution in [0.25, 0.3) is 0 Å². The second-order valence-electron chi connectivity index (χ2n) is 4.71. The zero-order valence-corrected chi connectivity index (χ0v) is 10.5. The fraction of sp³-hybridized carbons (Fsp3) is 0.667. The fourth-order valence-electron chi connectivity index (χ4n) is 2.25. The molecule has 1 aliphatic rings. The van der Waals surface area contributed by atoms with E-state index in [-0.39, 0.29) is 12.0 Å². The lowest BCUT2D eigenvalue weighted by Gasteiger charge is -2.30. The topological polar surface area (TPSA) is 32.7 Å². The van der Waals surface area contributed by atoms with Gasteiger partial charge in [0.1, 0.15) is 0 Å². The number of nitrogens with zero attached hydrogens (tertiary/aromatic N) is 1. The van der Waals surface area contributed by atoms with Crippen LogP contribution in [-0.4, -0.2) is 43.4 Å². The van der Waals surface area contributed by atoms with Crippen molar-refractivity contribution < 1.29 is 9.84 Å². The maximum absolute atomic E-state index is 9.49. The van der Waals surface area contributed by atoms with Crippen molar-refractivity contribution in [3.8, 4) is 0 Å². The molecule has 0 bridgehead atoms. The smallest absolute Gasteiger partial charge is 0.0557 e. The van der Waals surface area contributed by atoms with E-state index < -0.39 is 0 Å². The Bertz CT molecular complexity index is 307. The maximum atomic E-state index is 9.49. The normalized spacial score (nSPS) is 25.4. The van der Waals surface area contributed by atoms with Gasteiger partial charge in [-0.2, -0.15) is 0 Å². The highest BCUT2D eigenvalue weighted by molar-refractivity contribution is 7.09. The SMILES string of the molecule is CN(Cc1cccs1)CC1(CO)CCOC1. The Balaban J connectivity index is 1.88. The van der Waals surface area contributed by atoms with E-state index in [9.17, 15) is 5.11 Å². The molecule has 0 aliphatic carbocycles. The first-order valence-corrected chi connectivity index (χ1v) is 6.52. The van der Waals surface area contributed by atoms with Crippen molar-refractivity contribution in [3.63, 3.8) is 0 Å². The summed E-state index contributed by atoms with van der Waals surface area (Å²) < 4.78 is 5.40. The summed E-state index contributed by atoms with van der Waals surface area (Å²) in [6.45, 7) is 3.56. The van der Waals surface area contributed by atoms with Crippen LogP contribution in [-0.2, 0) is 11.3 Å². The minimum atomic E-state index is -0.0357. The summed E-state index contributed by atoms with van der Waals surface area (Å²) in [4.78, 5) is 3.64. The molecule has 1 atom stereocenters. The van der Waals surface area contributed by atoms with Crippen LogP contribution in [0.2, 0.25) is 0 Å². The molecular formula is C12H19NO2S. The van der Waals surface area contributed by atoms with Gasteiger partial charge < -0.3 is 14.7 Å². The average Bonchev–Trinajstić information content (AvgIpc) is 2.90. The molecule has 1 aromatic rings. The number of hydrogen-bond acceptors (Lipinski definition) is 4. The van der Waals surface area contributed by atoms with Gasteiger partial charge in [0.25, 0.3) is 0 Å². The number of hydrogen-bond donors (Lipinski definition) is 1. The molecule has 1 aromatic heterocycles. The quantitative estimate of drug-likeness (QED) is 0.849. The molecule has 1 N–H and O–H groups in total. The molecule has 1 aliphatic heterocycles. The van der Waals surface area contributed by atoms with E-state index in [1.165, 1.54) is 4.88 Å². The highest BCUT2D eigenvalue weighted by atomic mass is 32.1. The summed E-state index contributed by atoms with van der Waals surface area (Å²) in [6.07, 6.45) is 0.971. The highest BCUT2D eigenvalue weighted by Crippen LogP contribution is 2.29. The van der Waals surface area contributed by atoms with Crippen LogP contribution >= 0.6 is 11.3 Å². The van der Waals surface area contributed by atoms with Gasteiger partial charge in [-0.15, -0.1) is 11.3 Å². The zero-order valence-electron chi connectivity index (χ0n) is 9.69. The molecule has 3 nitrogen and oxygen atoms in total. The molecule has 0 spiro atoms. The van der Waals surface area contributed by atoms with Crippen molar-refractivity contribution in [2.24, 2.45) is 5.41 Å². The number of rotatable bonds is 5. The van der Waals surface area contributed by atoms with Gasteiger partial charge in [-0.3, -0.25) is 0 Å². The van der Waals surface area contributed by atoms with Gasteiger partial charge in [-0.05, 0) is 24.9 Å². The predicted molar refractivity (Wildman–Crippen MR) is 65.6 cm³/mol. The molecule has 16 heavy (non-hydrogen) atoms. The number of aliphatic hydroxyl groups is 1. The Hall–Kier alpha value is -0.420. The summed E-state index contributed by atoms with van der Waals surface area (Å²) in [5, 5.41) is 11.6. The highest BCUT2D eigenvalue weighted by Gasteiger charge is 2.35. The van der Waals surface area contributed by atoms with Crippen molar-refractivity contribution in [1.29, 1.82) is 0 Å². The first-order valence-electron chi connectivity index (χ1n) is 5.64. The third kappa shape index (κ3) is 2.83. The number of ether oxygens (including phenoxy) is 1. The van der Waals surface area contributed by atoms with E-state index in [1.807, 2.05) is 0 Å². The van der Waals surface area contributed by atoms with Crippen molar-refractivity contribution in [1.82, 2.24) is 4.90 Å². The van der Waals surface area contributed by atoms with E-state index in [2.05, 4.69) is 29.5 Å². The fourth-order valence-corrected chi connectivity index (χ4v) is 3.03. The van der Waals surface area contributed by atoms with Crippen molar-refractivity contribution in [2.45, 2.75) is 13.0 Å². The second kappa shape index (κ2) is 5.27. The molecular weight excluding hydrogens is 222 g/mol. The van der Waals surface area contributed by atoms with Crippen LogP contribution in [0.1, 0.15) is 11.3 Å². The van der Waals surface area contributed by atoms with Crippen LogP contribution < -0.4 is 0 Å². The minimum absolute atomic E-state index is 0.0357. The summed E-state index contributed by atoms with van der Waals surface area (Å²) in [5.41, 5.74) is -0.0357. The van der Waals surface area contributed by atoms with Crippen LogP contribution in [0, 0.1) is 5.41 Å². The Morgan fingerprint density at radius 2 is 2.50 bits per heavy atom. The molecule has 0 radical (unpaired) electrons. The summed E-state index contributed by atoms with van der Waals surface area (Å²) in [6, 6.07) is 4.23. The lowest BCUT2D eigenvalue weighted by molar-refractivity contribution is 0.0627. The minimum Gasteiger partial charge on any atom is -0.396 e. The van der Waals surface area contributed by atoms with E-state index in [1.54, 1.807) is 11.3 Å². The standard InChI is InChI=1S/C12H19NO2S/c1-13(7-11-3-2-6-16-11)8-12(9-14)4-5-15-10-12/h2-3,6,14H,4-5,7-10H2,1H3. The molecule has 4 heteroatoms. The van der Waals surface area contributed by atoms with Gasteiger partial charge in [0.15, 0.2) is 0 Å². The van der Waals surface area contributed by atoms with Crippen LogP contribution in [0.15, 0.2) is 17.5 Å².